The molecule has 0 aromatic rings. The first-order valence-electron chi connectivity index (χ1n) is 7.90. The van der Waals surface area contributed by atoms with Crippen LogP contribution in [0.2, 0.25) is 0 Å². The maximum atomic E-state index is 5.10. The Kier molecular flexibility index (Phi) is 7.27. The maximum absolute atomic E-state index is 5.10. The number of hydrogen-bond acceptors (Lipinski definition) is 2. The number of amidine groups is 1. The van der Waals surface area contributed by atoms with Crippen molar-refractivity contribution in [3.8, 4) is 0 Å². The molecular formula is C16H32N2S. The second kappa shape index (κ2) is 8.18. The van der Waals surface area contributed by atoms with E-state index in [9.17, 15) is 0 Å². The molecule has 2 unspecified atom stereocenters. The first kappa shape index (κ1) is 16.9. The van der Waals surface area contributed by atoms with E-state index in [1.54, 1.807) is 11.8 Å². The molecule has 19 heavy (non-hydrogen) atoms. The molecule has 0 aromatic carbocycles. The topological polar surface area (TPSA) is 24.4 Å². The number of aliphatic imine (C=N–C) groups is 1. The van der Waals surface area contributed by atoms with E-state index in [2.05, 4.69) is 46.2 Å². The molecule has 0 bridgehead atoms. The highest BCUT2D eigenvalue weighted by Crippen LogP contribution is 2.38. The minimum atomic E-state index is 0.467. The highest BCUT2D eigenvalue weighted by molar-refractivity contribution is 8.13. The zero-order valence-electron chi connectivity index (χ0n) is 13.6. The predicted molar refractivity (Wildman–Crippen MR) is 89.0 cm³/mol. The largest absolute Gasteiger partial charge is 0.363 e. The molecule has 0 heterocycles. The zero-order chi connectivity index (χ0) is 14.4. The molecule has 0 amide bonds. The second-order valence-corrected chi connectivity index (χ2v) is 7.14. The van der Waals surface area contributed by atoms with Gasteiger partial charge in [-0.05, 0) is 50.7 Å². The molecule has 1 aliphatic rings. The molecule has 1 N–H and O–H groups in total. The molecule has 3 heteroatoms. The Morgan fingerprint density at radius 1 is 1.21 bits per heavy atom. The zero-order valence-corrected chi connectivity index (χ0v) is 14.4. The van der Waals surface area contributed by atoms with Crippen LogP contribution in [0.3, 0.4) is 0 Å². The van der Waals surface area contributed by atoms with Crippen LogP contribution in [0.4, 0.5) is 0 Å². The summed E-state index contributed by atoms with van der Waals surface area (Å²) in [7, 11) is 0. The summed E-state index contributed by atoms with van der Waals surface area (Å²) in [5, 5.41) is 4.62. The third-order valence-electron chi connectivity index (χ3n) is 4.30. The predicted octanol–water partition coefficient (Wildman–Crippen LogP) is 4.55. The molecule has 1 fully saturated rings. The normalized spacial score (nSPS) is 32.7. The van der Waals surface area contributed by atoms with Crippen molar-refractivity contribution in [2.24, 2.45) is 22.7 Å². The van der Waals surface area contributed by atoms with Gasteiger partial charge in [0, 0.05) is 6.04 Å². The van der Waals surface area contributed by atoms with Crippen molar-refractivity contribution in [3.05, 3.63) is 0 Å². The van der Waals surface area contributed by atoms with Crippen molar-refractivity contribution in [1.82, 2.24) is 5.32 Å². The first-order valence-corrected chi connectivity index (χ1v) is 9.12. The van der Waals surface area contributed by atoms with Crippen molar-refractivity contribution >= 4 is 16.9 Å². The fourth-order valence-corrected chi connectivity index (χ4v) is 3.93. The number of nitrogens with one attached hydrogen (secondary N) is 1. The molecule has 0 saturated heterocycles. The van der Waals surface area contributed by atoms with Crippen molar-refractivity contribution < 1.29 is 0 Å². The van der Waals surface area contributed by atoms with Crippen LogP contribution in [0.15, 0.2) is 4.99 Å². The quantitative estimate of drug-likeness (QED) is 0.605. The summed E-state index contributed by atoms with van der Waals surface area (Å²) < 4.78 is 0. The van der Waals surface area contributed by atoms with Gasteiger partial charge >= 0.3 is 0 Å². The van der Waals surface area contributed by atoms with Gasteiger partial charge < -0.3 is 5.32 Å². The van der Waals surface area contributed by atoms with Gasteiger partial charge in [0.05, 0.1) is 6.04 Å². The van der Waals surface area contributed by atoms with Gasteiger partial charge in [0.15, 0.2) is 5.17 Å². The summed E-state index contributed by atoms with van der Waals surface area (Å²) in [5.74, 6) is 2.41. The Labute approximate surface area is 124 Å². The van der Waals surface area contributed by atoms with Gasteiger partial charge in [-0.25, -0.2) is 0 Å². The van der Waals surface area contributed by atoms with Gasteiger partial charge in [-0.3, -0.25) is 4.99 Å². The molecule has 1 saturated carbocycles. The molecule has 0 aliphatic heterocycles. The van der Waals surface area contributed by atoms with E-state index >= 15 is 0 Å². The van der Waals surface area contributed by atoms with Crippen LogP contribution in [0.5, 0.6) is 0 Å². The van der Waals surface area contributed by atoms with E-state index in [-0.39, 0.29) is 0 Å². The fourth-order valence-electron chi connectivity index (χ4n) is 3.35. The lowest BCUT2D eigenvalue weighted by atomic mass is 9.70. The molecule has 1 aliphatic carbocycles. The Balaban J connectivity index is 2.87. The Hall–Kier alpha value is -0.180. The fraction of sp³-hybridized carbons (Fsp3) is 0.938. The van der Waals surface area contributed by atoms with Crippen molar-refractivity contribution in [1.29, 1.82) is 0 Å². The Morgan fingerprint density at radius 3 is 2.11 bits per heavy atom. The lowest BCUT2D eigenvalue weighted by molar-refractivity contribution is 0.164. The number of hydrogen-bond donors (Lipinski definition) is 1. The molecular weight excluding hydrogens is 252 g/mol. The van der Waals surface area contributed by atoms with Crippen LogP contribution >= 0.6 is 11.8 Å². The molecule has 1 rings (SSSR count). The molecule has 0 radical (unpaired) electrons. The summed E-state index contributed by atoms with van der Waals surface area (Å²) in [6.45, 7) is 11.4. The Morgan fingerprint density at radius 2 is 1.74 bits per heavy atom. The van der Waals surface area contributed by atoms with Gasteiger partial charge in [-0.15, -0.1) is 0 Å². The summed E-state index contributed by atoms with van der Waals surface area (Å²) in [4.78, 5) is 5.10. The van der Waals surface area contributed by atoms with Gasteiger partial charge in [0.2, 0.25) is 0 Å². The van der Waals surface area contributed by atoms with Gasteiger partial charge in [-0.2, -0.15) is 0 Å². The average Bonchev–Trinajstić information content (AvgIpc) is 2.38. The summed E-state index contributed by atoms with van der Waals surface area (Å²) in [6, 6.07) is 0.994. The lowest BCUT2D eigenvalue weighted by Crippen LogP contribution is -2.37. The highest BCUT2D eigenvalue weighted by atomic mass is 32.2. The molecule has 2 atom stereocenters. The van der Waals surface area contributed by atoms with Crippen LogP contribution in [0, 0.1) is 17.8 Å². The second-order valence-electron chi connectivity index (χ2n) is 6.34. The van der Waals surface area contributed by atoms with Gasteiger partial charge in [0.1, 0.15) is 0 Å². The third kappa shape index (κ3) is 5.02. The maximum Gasteiger partial charge on any atom is 0.156 e. The Bertz CT molecular complexity index is 274. The highest BCUT2D eigenvalue weighted by Gasteiger charge is 2.34. The summed E-state index contributed by atoms with van der Waals surface area (Å²) in [5.41, 5.74) is 0. The smallest absolute Gasteiger partial charge is 0.156 e. The van der Waals surface area contributed by atoms with E-state index in [0.717, 1.165) is 22.9 Å². The van der Waals surface area contributed by atoms with E-state index in [1.165, 1.54) is 25.7 Å². The first-order chi connectivity index (χ1) is 9.01. The van der Waals surface area contributed by atoms with Crippen LogP contribution < -0.4 is 5.32 Å². The third-order valence-corrected chi connectivity index (χ3v) is 4.91. The van der Waals surface area contributed by atoms with E-state index in [0.29, 0.717) is 12.1 Å². The van der Waals surface area contributed by atoms with Gasteiger partial charge in [-0.1, -0.05) is 45.4 Å². The molecule has 112 valence electrons. The minimum absolute atomic E-state index is 0.467. The van der Waals surface area contributed by atoms with Crippen LogP contribution in [-0.2, 0) is 0 Å². The van der Waals surface area contributed by atoms with E-state index < -0.39 is 0 Å². The van der Waals surface area contributed by atoms with Crippen molar-refractivity contribution in [3.63, 3.8) is 0 Å². The molecule has 0 spiro atoms. The van der Waals surface area contributed by atoms with E-state index in [1.807, 2.05) is 0 Å². The SMILES string of the molecule is CCC1CC(C)CC(CC)C1N=C(NC(C)C)SC. The monoisotopic (exact) mass is 284 g/mol. The molecule has 0 aromatic heterocycles. The summed E-state index contributed by atoms with van der Waals surface area (Å²) in [6.07, 6.45) is 7.35. The number of nitrogens with zero attached hydrogens (tertiary/aromatic N) is 1. The van der Waals surface area contributed by atoms with Gasteiger partial charge in [0.25, 0.3) is 0 Å². The lowest BCUT2D eigenvalue weighted by Gasteiger charge is -2.38. The number of thioether (sulfide) groups is 1. The average molecular weight is 285 g/mol. The van der Waals surface area contributed by atoms with Crippen molar-refractivity contribution in [2.75, 3.05) is 6.26 Å². The van der Waals surface area contributed by atoms with E-state index in [4.69, 9.17) is 4.99 Å². The standard InChI is InChI=1S/C16H32N2S/c1-7-13-9-12(5)10-14(8-2)15(13)18-16(19-6)17-11(3)4/h11-15H,7-10H2,1-6H3,(H,17,18). The van der Waals surface area contributed by atoms with Crippen LogP contribution in [-0.4, -0.2) is 23.5 Å². The van der Waals surface area contributed by atoms with Crippen LogP contribution in [0.1, 0.15) is 60.3 Å². The molecule has 2 nitrogen and oxygen atoms in total. The summed E-state index contributed by atoms with van der Waals surface area (Å²) >= 11 is 1.76. The van der Waals surface area contributed by atoms with Crippen molar-refractivity contribution in [2.45, 2.75) is 72.4 Å². The van der Waals surface area contributed by atoms with Crippen LogP contribution in [0.25, 0.3) is 0 Å². The number of rotatable bonds is 4. The minimum Gasteiger partial charge on any atom is -0.363 e.